The molecule has 0 saturated carbocycles. The number of methoxy groups -OCH3 is 1. The summed E-state index contributed by atoms with van der Waals surface area (Å²) in [5, 5.41) is 15.8. The van der Waals surface area contributed by atoms with E-state index in [1.165, 1.54) is 23.4 Å². The molecule has 0 aromatic heterocycles. The van der Waals surface area contributed by atoms with Gasteiger partial charge in [0.25, 0.3) is 0 Å². The van der Waals surface area contributed by atoms with Gasteiger partial charge in [-0.25, -0.2) is 4.79 Å². The second kappa shape index (κ2) is 11.0. The maximum absolute atomic E-state index is 11.8. The number of carboxylic acids is 1. The predicted octanol–water partition coefficient (Wildman–Crippen LogP) is 6.60. The van der Waals surface area contributed by atoms with Crippen LogP contribution in [0.5, 0.6) is 11.5 Å². The molecule has 186 valence electrons. The van der Waals surface area contributed by atoms with E-state index in [0.717, 1.165) is 16.9 Å². The molecule has 1 heterocycles. The highest BCUT2D eigenvalue weighted by atomic mass is 35.5. The monoisotopic (exact) mass is 503 g/mol. The maximum atomic E-state index is 11.8. The maximum Gasteiger partial charge on any atom is 0.339 e. The zero-order valence-corrected chi connectivity index (χ0v) is 21.1. The quantitative estimate of drug-likeness (QED) is 0.297. The lowest BCUT2D eigenvalue weighted by molar-refractivity contribution is 0.0693. The van der Waals surface area contributed by atoms with Gasteiger partial charge in [-0.15, -0.1) is 12.4 Å². The highest BCUT2D eigenvalue weighted by Crippen LogP contribution is 2.44. The van der Waals surface area contributed by atoms with Crippen molar-refractivity contribution < 1.29 is 19.4 Å². The minimum absolute atomic E-state index is 0. The molecule has 0 fully saturated rings. The molecular weight excluding hydrogens is 474 g/mol. The van der Waals surface area contributed by atoms with Crippen LogP contribution in [-0.2, 0) is 0 Å². The number of rotatable bonds is 7. The van der Waals surface area contributed by atoms with Crippen LogP contribution in [0.2, 0.25) is 0 Å². The SMILES string of the molecule is COc1c(C(=O)O)cccc1[C@@H]1C[C@H](CNC(C)c2cccc3ccccc23)Oc2ccccc21.Cl. The normalized spacial score (nSPS) is 17.4. The number of benzene rings is 4. The second-order valence-corrected chi connectivity index (χ2v) is 9.00. The van der Waals surface area contributed by atoms with E-state index in [2.05, 4.69) is 60.8 Å². The number of para-hydroxylation sites is 2. The van der Waals surface area contributed by atoms with Gasteiger partial charge in [-0.1, -0.05) is 72.8 Å². The zero-order chi connectivity index (χ0) is 24.4. The van der Waals surface area contributed by atoms with Crippen molar-refractivity contribution in [1.29, 1.82) is 0 Å². The number of fused-ring (bicyclic) bond motifs is 2. The van der Waals surface area contributed by atoms with Crippen molar-refractivity contribution in [3.63, 3.8) is 0 Å². The fourth-order valence-corrected chi connectivity index (χ4v) is 5.18. The molecule has 0 spiro atoms. The smallest absolute Gasteiger partial charge is 0.339 e. The van der Waals surface area contributed by atoms with E-state index in [1.807, 2.05) is 24.3 Å². The summed E-state index contributed by atoms with van der Waals surface area (Å²) in [7, 11) is 1.53. The fourth-order valence-electron chi connectivity index (χ4n) is 5.18. The second-order valence-electron chi connectivity index (χ2n) is 9.00. The largest absolute Gasteiger partial charge is 0.496 e. The van der Waals surface area contributed by atoms with Crippen LogP contribution in [0.3, 0.4) is 0 Å². The van der Waals surface area contributed by atoms with E-state index in [1.54, 1.807) is 12.1 Å². The summed E-state index contributed by atoms with van der Waals surface area (Å²) in [4.78, 5) is 11.8. The highest BCUT2D eigenvalue weighted by Gasteiger charge is 2.32. The van der Waals surface area contributed by atoms with E-state index in [-0.39, 0.29) is 36.0 Å². The third-order valence-electron chi connectivity index (χ3n) is 6.88. The van der Waals surface area contributed by atoms with Gasteiger partial charge in [-0.05, 0) is 41.8 Å². The van der Waals surface area contributed by atoms with Crippen LogP contribution in [0.15, 0.2) is 84.9 Å². The standard InChI is InChI=1S/C30H29NO4.ClH/c1-19(22-13-7-10-20-9-3-4-11-23(20)22)31-18-21-17-27(24-12-5-6-16-28(24)35-21)25-14-8-15-26(30(32)33)29(25)34-2;/h3-16,19,21,27,31H,17-18H2,1-2H3,(H,32,33);1H/t19?,21-,27-;/m1./s1. The molecule has 4 aromatic rings. The van der Waals surface area contributed by atoms with E-state index in [9.17, 15) is 9.90 Å². The van der Waals surface area contributed by atoms with Crippen LogP contribution < -0.4 is 14.8 Å². The molecule has 0 amide bonds. The molecule has 0 radical (unpaired) electrons. The Morgan fingerprint density at radius 2 is 1.69 bits per heavy atom. The molecule has 1 aliphatic heterocycles. The Hall–Kier alpha value is -3.54. The molecule has 0 saturated heterocycles. The molecule has 4 aromatic carbocycles. The van der Waals surface area contributed by atoms with Gasteiger partial charge in [-0.2, -0.15) is 0 Å². The molecule has 0 aliphatic carbocycles. The Morgan fingerprint density at radius 1 is 1.00 bits per heavy atom. The van der Waals surface area contributed by atoms with Crippen molar-refractivity contribution in [1.82, 2.24) is 5.32 Å². The van der Waals surface area contributed by atoms with Crippen LogP contribution in [0.4, 0.5) is 0 Å². The lowest BCUT2D eigenvalue weighted by Gasteiger charge is -2.34. The molecule has 3 atom stereocenters. The number of halogens is 1. The Kier molecular flexibility index (Phi) is 7.82. The molecule has 6 heteroatoms. The van der Waals surface area contributed by atoms with E-state index < -0.39 is 5.97 Å². The molecule has 2 N–H and O–H groups in total. The number of nitrogens with one attached hydrogen (secondary N) is 1. The molecule has 36 heavy (non-hydrogen) atoms. The number of ether oxygens (including phenoxy) is 2. The highest BCUT2D eigenvalue weighted by molar-refractivity contribution is 5.91. The first-order valence-corrected chi connectivity index (χ1v) is 11.9. The van der Waals surface area contributed by atoms with E-state index >= 15 is 0 Å². The summed E-state index contributed by atoms with van der Waals surface area (Å²) in [6, 6.07) is 28.3. The molecular formula is C30H30ClNO4. The van der Waals surface area contributed by atoms with Gasteiger partial charge >= 0.3 is 5.97 Å². The minimum atomic E-state index is -0.994. The third-order valence-corrected chi connectivity index (χ3v) is 6.88. The van der Waals surface area contributed by atoms with Crippen LogP contribution in [-0.4, -0.2) is 30.8 Å². The summed E-state index contributed by atoms with van der Waals surface area (Å²) >= 11 is 0. The van der Waals surface area contributed by atoms with Crippen molar-refractivity contribution in [2.75, 3.05) is 13.7 Å². The van der Waals surface area contributed by atoms with Crippen LogP contribution in [0, 0.1) is 0 Å². The average molecular weight is 504 g/mol. The Morgan fingerprint density at radius 3 is 2.50 bits per heavy atom. The van der Waals surface area contributed by atoms with Crippen molar-refractivity contribution >= 4 is 29.1 Å². The van der Waals surface area contributed by atoms with Crippen LogP contribution >= 0.6 is 12.4 Å². The van der Waals surface area contributed by atoms with Gasteiger partial charge < -0.3 is 19.9 Å². The predicted molar refractivity (Wildman–Crippen MR) is 145 cm³/mol. The van der Waals surface area contributed by atoms with Crippen molar-refractivity contribution in [2.45, 2.75) is 31.4 Å². The van der Waals surface area contributed by atoms with Gasteiger partial charge in [-0.3, -0.25) is 0 Å². The lowest BCUT2D eigenvalue weighted by Crippen LogP contribution is -2.37. The molecule has 5 rings (SSSR count). The topological polar surface area (TPSA) is 67.8 Å². The number of hydrogen-bond donors (Lipinski definition) is 2. The number of carboxylic acid groups (broad SMARTS) is 1. The number of aromatic carboxylic acids is 1. The lowest BCUT2D eigenvalue weighted by atomic mass is 9.83. The Balaban J connectivity index is 0.00000304. The number of hydrogen-bond acceptors (Lipinski definition) is 4. The molecule has 0 bridgehead atoms. The van der Waals surface area contributed by atoms with Crippen molar-refractivity contribution in [3.8, 4) is 11.5 Å². The average Bonchev–Trinajstić information content (AvgIpc) is 2.90. The first-order chi connectivity index (χ1) is 17.1. The third kappa shape index (κ3) is 4.90. The van der Waals surface area contributed by atoms with Crippen molar-refractivity contribution in [2.24, 2.45) is 0 Å². The summed E-state index contributed by atoms with van der Waals surface area (Å²) in [6.45, 7) is 2.84. The van der Waals surface area contributed by atoms with Crippen molar-refractivity contribution in [3.05, 3.63) is 107 Å². The molecule has 5 nitrogen and oxygen atoms in total. The molecule has 1 unspecified atom stereocenters. The number of carbonyl (C=O) groups is 1. The minimum Gasteiger partial charge on any atom is -0.496 e. The van der Waals surface area contributed by atoms with Gasteiger partial charge in [0.1, 0.15) is 23.2 Å². The summed E-state index contributed by atoms with van der Waals surface area (Å²) < 4.78 is 12.0. The van der Waals surface area contributed by atoms with E-state index in [4.69, 9.17) is 9.47 Å². The van der Waals surface area contributed by atoms with Gasteiger partial charge in [0.2, 0.25) is 0 Å². The van der Waals surface area contributed by atoms with Gasteiger partial charge in [0, 0.05) is 29.6 Å². The fraction of sp³-hybridized carbons (Fsp3) is 0.233. The summed E-state index contributed by atoms with van der Waals surface area (Å²) in [6.07, 6.45) is 0.636. The van der Waals surface area contributed by atoms with Gasteiger partial charge in [0.15, 0.2) is 0 Å². The summed E-state index contributed by atoms with van der Waals surface area (Å²) in [5.41, 5.74) is 3.35. The van der Waals surface area contributed by atoms with Crippen LogP contribution in [0.1, 0.15) is 52.4 Å². The van der Waals surface area contributed by atoms with E-state index in [0.29, 0.717) is 18.7 Å². The van der Waals surface area contributed by atoms with Gasteiger partial charge in [0.05, 0.1) is 7.11 Å². The van der Waals surface area contributed by atoms with Crippen LogP contribution in [0.25, 0.3) is 10.8 Å². The first kappa shape index (κ1) is 25.5. The summed E-state index contributed by atoms with van der Waals surface area (Å²) in [5.74, 6) is 0.216. The molecule has 1 aliphatic rings. The Bertz CT molecular complexity index is 1370. The first-order valence-electron chi connectivity index (χ1n) is 11.9. The Labute approximate surface area is 217 Å². The zero-order valence-electron chi connectivity index (χ0n) is 20.3.